The van der Waals surface area contributed by atoms with E-state index in [4.69, 9.17) is 23.2 Å². The quantitative estimate of drug-likeness (QED) is 0.666. The van der Waals surface area contributed by atoms with Crippen LogP contribution < -0.4 is 14.9 Å². The molecule has 0 bridgehead atoms. The maximum atomic E-state index is 12.7. The molecule has 0 aliphatic rings. The first-order valence-corrected chi connectivity index (χ1v) is 11.5. The van der Waals surface area contributed by atoms with Crippen molar-refractivity contribution in [1.29, 1.82) is 0 Å². The number of nitrogens with one attached hydrogen (secondary N) is 2. The van der Waals surface area contributed by atoms with Crippen LogP contribution in [0.25, 0.3) is 0 Å². The molecule has 2 aromatic carbocycles. The summed E-state index contributed by atoms with van der Waals surface area (Å²) in [5.41, 5.74) is 0.181. The van der Waals surface area contributed by atoms with Crippen molar-refractivity contribution in [3.63, 3.8) is 0 Å². The predicted octanol–water partition coefficient (Wildman–Crippen LogP) is 3.93. The van der Waals surface area contributed by atoms with Gasteiger partial charge in [-0.15, -0.1) is 0 Å². The third-order valence-corrected chi connectivity index (χ3v) is 5.46. The number of para-hydroxylation sites is 1. The van der Waals surface area contributed by atoms with Crippen molar-refractivity contribution in [2.75, 3.05) is 22.4 Å². The molecule has 0 atom stereocenters. The Hall–Kier alpha value is -2.29. The summed E-state index contributed by atoms with van der Waals surface area (Å²) in [6, 6.07) is 10.8. The monoisotopic (exact) mass is 471 g/mol. The third-order valence-electron chi connectivity index (χ3n) is 3.80. The van der Waals surface area contributed by atoms with Crippen molar-refractivity contribution in [2.45, 2.75) is 26.3 Å². The van der Waals surface area contributed by atoms with Crippen LogP contribution in [-0.4, -0.2) is 38.6 Å². The minimum absolute atomic E-state index is 0.0886. The molecule has 0 spiro atoms. The Labute approximate surface area is 186 Å². The number of carbonyl (C=O) groups is 2. The van der Waals surface area contributed by atoms with Gasteiger partial charge in [0.2, 0.25) is 15.9 Å². The van der Waals surface area contributed by atoms with E-state index in [0.29, 0.717) is 5.02 Å². The summed E-state index contributed by atoms with van der Waals surface area (Å²) >= 11 is 12.0. The summed E-state index contributed by atoms with van der Waals surface area (Å²) in [5, 5.41) is 5.85. The molecule has 0 aliphatic carbocycles. The standard InChI is InChI=1S/C20H23Cl2N3O4S/c1-20(2,3)24-19(27)14-7-5-6-8-16(14)23-18(26)12-25(30(4,28)29)17-10-9-13(21)11-15(17)22/h5-11H,12H2,1-4H3,(H,23,26)(H,24,27). The lowest BCUT2D eigenvalue weighted by molar-refractivity contribution is -0.114. The summed E-state index contributed by atoms with van der Waals surface area (Å²) in [6.07, 6.45) is 0.968. The van der Waals surface area contributed by atoms with Crippen LogP contribution in [0.5, 0.6) is 0 Å². The van der Waals surface area contributed by atoms with Crippen molar-refractivity contribution in [3.05, 3.63) is 58.1 Å². The Bertz CT molecular complexity index is 1070. The number of nitrogens with zero attached hydrogens (tertiary/aromatic N) is 1. The Morgan fingerprint density at radius 2 is 1.70 bits per heavy atom. The predicted molar refractivity (Wildman–Crippen MR) is 121 cm³/mol. The Morgan fingerprint density at radius 1 is 1.07 bits per heavy atom. The van der Waals surface area contributed by atoms with E-state index in [9.17, 15) is 18.0 Å². The van der Waals surface area contributed by atoms with Gasteiger partial charge >= 0.3 is 0 Å². The van der Waals surface area contributed by atoms with Crippen molar-refractivity contribution < 1.29 is 18.0 Å². The van der Waals surface area contributed by atoms with Gasteiger partial charge in [0.25, 0.3) is 5.91 Å². The molecule has 2 aromatic rings. The molecular weight excluding hydrogens is 449 g/mol. The van der Waals surface area contributed by atoms with E-state index < -0.39 is 28.0 Å². The summed E-state index contributed by atoms with van der Waals surface area (Å²) in [4.78, 5) is 25.2. The van der Waals surface area contributed by atoms with Crippen LogP contribution >= 0.6 is 23.2 Å². The molecule has 0 aliphatic heterocycles. The van der Waals surface area contributed by atoms with E-state index in [2.05, 4.69) is 10.6 Å². The van der Waals surface area contributed by atoms with E-state index in [1.165, 1.54) is 18.2 Å². The van der Waals surface area contributed by atoms with Gasteiger partial charge in [-0.1, -0.05) is 35.3 Å². The Morgan fingerprint density at radius 3 is 2.27 bits per heavy atom. The molecule has 7 nitrogen and oxygen atoms in total. The minimum Gasteiger partial charge on any atom is -0.347 e. The molecular formula is C20H23Cl2N3O4S. The van der Waals surface area contributed by atoms with E-state index in [0.717, 1.165) is 10.6 Å². The highest BCUT2D eigenvalue weighted by Gasteiger charge is 2.24. The molecule has 30 heavy (non-hydrogen) atoms. The highest BCUT2D eigenvalue weighted by Crippen LogP contribution is 2.30. The smallest absolute Gasteiger partial charge is 0.253 e. The number of rotatable bonds is 6. The average Bonchev–Trinajstić information content (AvgIpc) is 2.58. The zero-order chi connectivity index (χ0) is 22.7. The van der Waals surface area contributed by atoms with Crippen LogP contribution in [0.3, 0.4) is 0 Å². The molecule has 0 saturated heterocycles. The highest BCUT2D eigenvalue weighted by atomic mass is 35.5. The fraction of sp³-hybridized carbons (Fsp3) is 0.300. The molecule has 0 saturated carbocycles. The minimum atomic E-state index is -3.83. The first kappa shape index (κ1) is 24.0. The first-order valence-electron chi connectivity index (χ1n) is 8.92. The number of carbonyl (C=O) groups excluding carboxylic acids is 2. The van der Waals surface area contributed by atoms with Crippen LogP contribution in [0.4, 0.5) is 11.4 Å². The number of hydrogen-bond donors (Lipinski definition) is 2. The molecule has 0 aromatic heterocycles. The van der Waals surface area contributed by atoms with E-state index in [-0.39, 0.29) is 27.9 Å². The van der Waals surface area contributed by atoms with Crippen molar-refractivity contribution >= 4 is 56.4 Å². The molecule has 0 fully saturated rings. The third kappa shape index (κ3) is 6.62. The van der Waals surface area contributed by atoms with Gasteiger partial charge in [0.1, 0.15) is 6.54 Å². The molecule has 2 N–H and O–H groups in total. The fourth-order valence-electron chi connectivity index (χ4n) is 2.58. The lowest BCUT2D eigenvalue weighted by atomic mass is 10.1. The van der Waals surface area contributed by atoms with Crippen LogP contribution in [0.2, 0.25) is 10.0 Å². The maximum absolute atomic E-state index is 12.7. The number of sulfonamides is 1. The molecule has 0 radical (unpaired) electrons. The summed E-state index contributed by atoms with van der Waals surface area (Å²) in [7, 11) is -3.83. The lowest BCUT2D eigenvalue weighted by Gasteiger charge is -2.24. The molecule has 2 rings (SSSR count). The summed E-state index contributed by atoms with van der Waals surface area (Å²) < 4.78 is 25.4. The van der Waals surface area contributed by atoms with Crippen molar-refractivity contribution in [1.82, 2.24) is 5.32 Å². The second-order valence-electron chi connectivity index (χ2n) is 7.66. The van der Waals surface area contributed by atoms with E-state index in [1.807, 2.05) is 20.8 Å². The number of benzene rings is 2. The van der Waals surface area contributed by atoms with Gasteiger partial charge in [-0.05, 0) is 51.1 Å². The second-order valence-corrected chi connectivity index (χ2v) is 10.4. The second kappa shape index (κ2) is 9.24. The van der Waals surface area contributed by atoms with Crippen LogP contribution in [0, 0.1) is 0 Å². The Kier molecular flexibility index (Phi) is 7.39. The molecule has 2 amide bonds. The topological polar surface area (TPSA) is 95.6 Å². The van der Waals surface area contributed by atoms with E-state index in [1.54, 1.807) is 24.3 Å². The maximum Gasteiger partial charge on any atom is 0.253 e. The van der Waals surface area contributed by atoms with Gasteiger partial charge in [0, 0.05) is 10.6 Å². The van der Waals surface area contributed by atoms with Gasteiger partial charge in [-0.3, -0.25) is 13.9 Å². The highest BCUT2D eigenvalue weighted by molar-refractivity contribution is 7.92. The lowest BCUT2D eigenvalue weighted by Crippen LogP contribution is -2.41. The van der Waals surface area contributed by atoms with Gasteiger partial charge in [-0.2, -0.15) is 0 Å². The van der Waals surface area contributed by atoms with Crippen LogP contribution in [-0.2, 0) is 14.8 Å². The molecule has 0 unspecified atom stereocenters. The van der Waals surface area contributed by atoms with Crippen LogP contribution in [0.1, 0.15) is 31.1 Å². The fourth-order valence-corrected chi connectivity index (χ4v) is 4.01. The first-order chi connectivity index (χ1) is 13.8. The summed E-state index contributed by atoms with van der Waals surface area (Å²) in [6.45, 7) is 4.99. The number of hydrogen-bond acceptors (Lipinski definition) is 4. The van der Waals surface area contributed by atoms with Crippen molar-refractivity contribution in [3.8, 4) is 0 Å². The zero-order valence-electron chi connectivity index (χ0n) is 17.0. The van der Waals surface area contributed by atoms with E-state index >= 15 is 0 Å². The van der Waals surface area contributed by atoms with Crippen LogP contribution in [0.15, 0.2) is 42.5 Å². The SMILES string of the molecule is CC(C)(C)NC(=O)c1ccccc1NC(=O)CN(c1ccc(Cl)cc1Cl)S(C)(=O)=O. The van der Waals surface area contributed by atoms with Gasteiger partial charge in [-0.25, -0.2) is 8.42 Å². The van der Waals surface area contributed by atoms with Gasteiger partial charge < -0.3 is 10.6 Å². The molecule has 10 heteroatoms. The number of halogens is 2. The normalized spacial score (nSPS) is 11.7. The Balaban J connectivity index is 2.28. The van der Waals surface area contributed by atoms with Crippen molar-refractivity contribution in [2.24, 2.45) is 0 Å². The average molecular weight is 472 g/mol. The molecule has 0 heterocycles. The zero-order valence-corrected chi connectivity index (χ0v) is 19.3. The van der Waals surface area contributed by atoms with Gasteiger partial charge in [0.15, 0.2) is 0 Å². The number of anilines is 2. The van der Waals surface area contributed by atoms with Gasteiger partial charge in [0.05, 0.1) is 28.2 Å². The summed E-state index contributed by atoms with van der Waals surface area (Å²) in [5.74, 6) is -0.999. The number of amides is 2. The largest absolute Gasteiger partial charge is 0.347 e. The molecule has 162 valence electrons.